The average Bonchev–Trinajstić information content (AvgIpc) is 2.29. The summed E-state index contributed by atoms with van der Waals surface area (Å²) in [6.07, 6.45) is 3.28. The fourth-order valence-electron chi connectivity index (χ4n) is 2.70. The van der Waals surface area contributed by atoms with Gasteiger partial charge in [0.05, 0.1) is 6.10 Å². The standard InChI is InChI=1S/C17H30O3/c1-16(2,3)12-9-11(15(19-7)20-8)10-13(14(12)18)17(4,5)6/h9-10,12,14-15,18H,1-8H3/t12-,14?/m1/s1. The monoisotopic (exact) mass is 282 g/mol. The molecule has 0 fully saturated rings. The second-order valence-corrected chi connectivity index (χ2v) is 7.66. The molecule has 1 unspecified atom stereocenters. The summed E-state index contributed by atoms with van der Waals surface area (Å²) in [4.78, 5) is 0. The topological polar surface area (TPSA) is 38.7 Å². The first kappa shape index (κ1) is 17.4. The van der Waals surface area contributed by atoms with E-state index in [1.54, 1.807) is 14.2 Å². The smallest absolute Gasteiger partial charge is 0.182 e. The molecule has 3 nitrogen and oxygen atoms in total. The number of methoxy groups -OCH3 is 2. The molecule has 1 aliphatic rings. The molecule has 3 heteroatoms. The summed E-state index contributed by atoms with van der Waals surface area (Å²) in [7, 11) is 3.27. The van der Waals surface area contributed by atoms with Crippen molar-refractivity contribution in [2.24, 2.45) is 16.7 Å². The Hall–Kier alpha value is -0.640. The summed E-state index contributed by atoms with van der Waals surface area (Å²) in [6, 6.07) is 0. The molecule has 1 rings (SSSR count). The van der Waals surface area contributed by atoms with Crippen LogP contribution < -0.4 is 0 Å². The minimum Gasteiger partial charge on any atom is -0.388 e. The second-order valence-electron chi connectivity index (χ2n) is 7.66. The summed E-state index contributed by atoms with van der Waals surface area (Å²) in [5.41, 5.74) is 1.91. The van der Waals surface area contributed by atoms with Crippen LogP contribution in [0.15, 0.2) is 23.3 Å². The van der Waals surface area contributed by atoms with Gasteiger partial charge in [0.1, 0.15) is 0 Å². The lowest BCUT2D eigenvalue weighted by Crippen LogP contribution is -2.39. The van der Waals surface area contributed by atoms with Gasteiger partial charge in [0.25, 0.3) is 0 Å². The lowest BCUT2D eigenvalue weighted by atomic mass is 9.67. The Balaban J connectivity index is 3.30. The molecule has 0 saturated carbocycles. The molecular weight excluding hydrogens is 252 g/mol. The molecule has 0 aromatic rings. The van der Waals surface area contributed by atoms with Crippen molar-refractivity contribution in [3.63, 3.8) is 0 Å². The van der Waals surface area contributed by atoms with Crippen LogP contribution in [0.25, 0.3) is 0 Å². The van der Waals surface area contributed by atoms with Gasteiger partial charge in [0.2, 0.25) is 0 Å². The Bertz CT molecular complexity index is 389. The molecular formula is C17H30O3. The van der Waals surface area contributed by atoms with E-state index in [9.17, 15) is 5.11 Å². The van der Waals surface area contributed by atoms with E-state index in [4.69, 9.17) is 9.47 Å². The van der Waals surface area contributed by atoms with Gasteiger partial charge >= 0.3 is 0 Å². The first-order valence-electron chi connectivity index (χ1n) is 7.19. The fraction of sp³-hybridized carbons (Fsp3) is 0.765. The maximum absolute atomic E-state index is 10.8. The zero-order valence-corrected chi connectivity index (χ0v) is 14.2. The zero-order chi connectivity index (χ0) is 15.7. The first-order valence-corrected chi connectivity index (χ1v) is 7.19. The van der Waals surface area contributed by atoms with Crippen LogP contribution in [0.5, 0.6) is 0 Å². The third-order valence-corrected chi connectivity index (χ3v) is 3.92. The number of aliphatic hydroxyl groups is 1. The Morgan fingerprint density at radius 1 is 1.05 bits per heavy atom. The van der Waals surface area contributed by atoms with E-state index in [0.29, 0.717) is 0 Å². The van der Waals surface area contributed by atoms with Crippen LogP contribution in [-0.4, -0.2) is 31.7 Å². The minimum atomic E-state index is -0.465. The number of hydrogen-bond donors (Lipinski definition) is 1. The molecule has 20 heavy (non-hydrogen) atoms. The molecule has 0 amide bonds. The third kappa shape index (κ3) is 3.72. The SMILES string of the molecule is COC(OC)C1=C[C@@H](C(C)(C)C)C(O)C(C(C)(C)C)=C1. The highest BCUT2D eigenvalue weighted by Crippen LogP contribution is 2.43. The first-order chi connectivity index (χ1) is 9.02. The van der Waals surface area contributed by atoms with Crippen LogP contribution in [0.1, 0.15) is 41.5 Å². The number of ether oxygens (including phenoxy) is 2. The highest BCUT2D eigenvalue weighted by atomic mass is 16.7. The van der Waals surface area contributed by atoms with Crippen molar-refractivity contribution >= 4 is 0 Å². The van der Waals surface area contributed by atoms with E-state index >= 15 is 0 Å². The van der Waals surface area contributed by atoms with Crippen molar-refractivity contribution < 1.29 is 14.6 Å². The highest BCUT2D eigenvalue weighted by Gasteiger charge is 2.39. The lowest BCUT2D eigenvalue weighted by molar-refractivity contribution is -0.0742. The molecule has 116 valence electrons. The minimum absolute atomic E-state index is 0.0263. The quantitative estimate of drug-likeness (QED) is 0.805. The van der Waals surface area contributed by atoms with Gasteiger partial charge in [-0.25, -0.2) is 0 Å². The molecule has 2 atom stereocenters. The van der Waals surface area contributed by atoms with E-state index in [1.807, 2.05) is 6.08 Å². The summed E-state index contributed by atoms with van der Waals surface area (Å²) in [5, 5.41) is 10.8. The van der Waals surface area contributed by atoms with Gasteiger partial charge < -0.3 is 14.6 Å². The normalized spacial score (nSPS) is 24.7. The number of rotatable bonds is 3. The molecule has 0 bridgehead atoms. The van der Waals surface area contributed by atoms with Gasteiger partial charge in [-0.3, -0.25) is 0 Å². The maximum atomic E-state index is 10.8. The van der Waals surface area contributed by atoms with Crippen molar-refractivity contribution in [2.45, 2.75) is 53.9 Å². The summed E-state index contributed by atoms with van der Waals surface area (Å²) in [5.74, 6) is 0.0459. The van der Waals surface area contributed by atoms with Gasteiger partial charge in [-0.2, -0.15) is 0 Å². The highest BCUT2D eigenvalue weighted by molar-refractivity contribution is 5.37. The van der Waals surface area contributed by atoms with Gasteiger partial charge in [0.15, 0.2) is 6.29 Å². The molecule has 0 saturated heterocycles. The molecule has 0 spiro atoms. The summed E-state index contributed by atoms with van der Waals surface area (Å²) in [6.45, 7) is 12.8. The van der Waals surface area contributed by atoms with E-state index in [2.05, 4.69) is 47.6 Å². The Labute approximate surface area is 123 Å². The Kier molecular flexibility index (Phi) is 5.23. The Morgan fingerprint density at radius 2 is 1.55 bits per heavy atom. The molecule has 0 aliphatic heterocycles. The summed E-state index contributed by atoms with van der Waals surface area (Å²) >= 11 is 0. The van der Waals surface area contributed by atoms with Crippen LogP contribution in [0.4, 0.5) is 0 Å². The summed E-state index contributed by atoms with van der Waals surface area (Å²) < 4.78 is 10.8. The van der Waals surface area contributed by atoms with Gasteiger partial charge in [-0.1, -0.05) is 53.7 Å². The zero-order valence-electron chi connectivity index (χ0n) is 14.2. The van der Waals surface area contributed by atoms with Crippen molar-refractivity contribution in [3.05, 3.63) is 23.3 Å². The number of aliphatic hydroxyl groups excluding tert-OH is 1. The third-order valence-electron chi connectivity index (χ3n) is 3.92. The van der Waals surface area contributed by atoms with Crippen molar-refractivity contribution in [1.82, 2.24) is 0 Å². The van der Waals surface area contributed by atoms with Crippen LogP contribution in [0, 0.1) is 16.7 Å². The van der Waals surface area contributed by atoms with Crippen LogP contribution in [0.3, 0.4) is 0 Å². The molecule has 0 aromatic heterocycles. The predicted octanol–water partition coefficient (Wildman–Crippen LogP) is 3.54. The lowest BCUT2D eigenvalue weighted by Gasteiger charge is -2.41. The molecule has 1 aliphatic carbocycles. The van der Waals surface area contributed by atoms with Crippen molar-refractivity contribution in [2.75, 3.05) is 14.2 Å². The van der Waals surface area contributed by atoms with Crippen LogP contribution in [0.2, 0.25) is 0 Å². The van der Waals surface area contributed by atoms with Crippen molar-refractivity contribution in [1.29, 1.82) is 0 Å². The van der Waals surface area contributed by atoms with Gasteiger partial charge in [-0.05, 0) is 16.4 Å². The second kappa shape index (κ2) is 6.00. The van der Waals surface area contributed by atoms with E-state index in [1.165, 1.54) is 0 Å². The molecule has 0 aromatic carbocycles. The molecule has 0 radical (unpaired) electrons. The Morgan fingerprint density at radius 3 is 1.90 bits per heavy atom. The van der Waals surface area contributed by atoms with Crippen LogP contribution in [-0.2, 0) is 9.47 Å². The molecule has 1 N–H and O–H groups in total. The largest absolute Gasteiger partial charge is 0.388 e. The predicted molar refractivity (Wildman–Crippen MR) is 82.4 cm³/mol. The molecule has 0 heterocycles. The van der Waals surface area contributed by atoms with E-state index in [0.717, 1.165) is 11.1 Å². The number of hydrogen-bond acceptors (Lipinski definition) is 3. The van der Waals surface area contributed by atoms with Crippen LogP contribution >= 0.6 is 0 Å². The van der Waals surface area contributed by atoms with Crippen molar-refractivity contribution in [3.8, 4) is 0 Å². The average molecular weight is 282 g/mol. The van der Waals surface area contributed by atoms with E-state index < -0.39 is 6.10 Å². The van der Waals surface area contributed by atoms with Gasteiger partial charge in [-0.15, -0.1) is 0 Å². The maximum Gasteiger partial charge on any atom is 0.182 e. The fourth-order valence-corrected chi connectivity index (χ4v) is 2.70. The van der Waals surface area contributed by atoms with Gasteiger partial charge in [0, 0.05) is 25.7 Å². The van der Waals surface area contributed by atoms with E-state index in [-0.39, 0.29) is 23.0 Å².